The van der Waals surface area contributed by atoms with Gasteiger partial charge in [-0.3, -0.25) is 9.59 Å². The quantitative estimate of drug-likeness (QED) is 0.809. The number of rotatable bonds is 4. The van der Waals surface area contributed by atoms with Crippen LogP contribution in [0.25, 0.3) is 0 Å². The van der Waals surface area contributed by atoms with E-state index in [0.717, 1.165) is 37.0 Å². The Labute approximate surface area is 164 Å². The van der Waals surface area contributed by atoms with Crippen LogP contribution >= 0.6 is 0 Å². The van der Waals surface area contributed by atoms with E-state index in [1.54, 1.807) is 19.1 Å². The minimum atomic E-state index is -0.628. The molecular weight excluding hydrogens is 356 g/mol. The predicted octanol–water partition coefficient (Wildman–Crippen LogP) is 1.99. The molecule has 3 heterocycles. The fourth-order valence-corrected chi connectivity index (χ4v) is 5.70. The molecule has 5 rings (SSSR count). The first-order chi connectivity index (χ1) is 13.5. The van der Waals surface area contributed by atoms with Gasteiger partial charge < -0.3 is 19.7 Å². The summed E-state index contributed by atoms with van der Waals surface area (Å²) >= 11 is 0. The molecule has 2 bridgehead atoms. The van der Waals surface area contributed by atoms with E-state index in [0.29, 0.717) is 6.54 Å². The smallest absolute Gasteiger partial charge is 0.229 e. The summed E-state index contributed by atoms with van der Waals surface area (Å²) in [7, 11) is 3.43. The molecule has 0 aromatic heterocycles. The minimum Gasteiger partial charge on any atom is -0.497 e. The van der Waals surface area contributed by atoms with Crippen LogP contribution in [-0.2, 0) is 19.9 Å². The van der Waals surface area contributed by atoms with E-state index in [1.807, 2.05) is 30.4 Å². The number of benzene rings is 1. The molecule has 2 amide bonds. The summed E-state index contributed by atoms with van der Waals surface area (Å²) in [5, 5.41) is 3.35. The van der Waals surface area contributed by atoms with Gasteiger partial charge in [-0.15, -0.1) is 0 Å². The molecule has 148 valence electrons. The van der Waals surface area contributed by atoms with E-state index in [4.69, 9.17) is 9.47 Å². The highest BCUT2D eigenvalue weighted by atomic mass is 16.5. The molecule has 1 spiro atoms. The molecule has 6 heteroatoms. The van der Waals surface area contributed by atoms with Gasteiger partial charge in [-0.2, -0.15) is 0 Å². The van der Waals surface area contributed by atoms with Gasteiger partial charge >= 0.3 is 0 Å². The largest absolute Gasteiger partial charge is 0.497 e. The Hall–Kier alpha value is -2.34. The molecule has 6 nitrogen and oxygen atoms in total. The number of amides is 2. The zero-order valence-corrected chi connectivity index (χ0v) is 16.3. The molecule has 3 fully saturated rings. The summed E-state index contributed by atoms with van der Waals surface area (Å²) in [5.41, 5.74) is 0.0387. The number of methoxy groups -OCH3 is 1. The molecule has 4 aliphatic rings. The fraction of sp³-hybridized carbons (Fsp3) is 0.545. The number of nitrogens with one attached hydrogen (secondary N) is 1. The zero-order valence-electron chi connectivity index (χ0n) is 16.3. The number of carbonyl (C=O) groups is 2. The van der Waals surface area contributed by atoms with Crippen LogP contribution in [0.2, 0.25) is 0 Å². The molecule has 1 aliphatic carbocycles. The lowest BCUT2D eigenvalue weighted by atomic mass is 9.76. The monoisotopic (exact) mass is 382 g/mol. The van der Waals surface area contributed by atoms with E-state index in [-0.39, 0.29) is 17.9 Å². The lowest BCUT2D eigenvalue weighted by Gasteiger charge is -2.34. The molecule has 1 N–H and O–H groups in total. The first-order valence-electron chi connectivity index (χ1n) is 10.1. The van der Waals surface area contributed by atoms with Gasteiger partial charge in [-0.05, 0) is 30.5 Å². The molecule has 4 atom stereocenters. The maximum absolute atomic E-state index is 13.5. The van der Waals surface area contributed by atoms with Gasteiger partial charge in [0.1, 0.15) is 11.4 Å². The van der Waals surface area contributed by atoms with Crippen molar-refractivity contribution in [1.82, 2.24) is 10.2 Å². The third-order valence-electron chi connectivity index (χ3n) is 7.03. The van der Waals surface area contributed by atoms with Crippen molar-refractivity contribution in [3.63, 3.8) is 0 Å². The van der Waals surface area contributed by atoms with E-state index in [2.05, 4.69) is 11.4 Å². The second kappa shape index (κ2) is 6.08. The molecule has 0 radical (unpaired) electrons. The van der Waals surface area contributed by atoms with Crippen molar-refractivity contribution in [3.8, 4) is 5.75 Å². The van der Waals surface area contributed by atoms with Crippen LogP contribution in [0.5, 0.6) is 5.75 Å². The molecule has 1 aromatic rings. The van der Waals surface area contributed by atoms with Crippen molar-refractivity contribution in [2.75, 3.05) is 20.7 Å². The Morgan fingerprint density at radius 1 is 1.32 bits per heavy atom. The SMILES string of the molecule is COc1cccc(C2(NC(=O)[C@H]3[C@H]4C(=O)N(C)C[C@@]45C=C[C@H]3O5)CCCC2)c1. The topological polar surface area (TPSA) is 67.9 Å². The van der Waals surface area contributed by atoms with Crippen molar-refractivity contribution in [1.29, 1.82) is 0 Å². The average molecular weight is 382 g/mol. The predicted molar refractivity (Wildman–Crippen MR) is 103 cm³/mol. The van der Waals surface area contributed by atoms with Crippen LogP contribution < -0.4 is 10.1 Å². The number of nitrogens with zero attached hydrogens (tertiary/aromatic N) is 1. The van der Waals surface area contributed by atoms with Crippen molar-refractivity contribution >= 4 is 11.8 Å². The van der Waals surface area contributed by atoms with Gasteiger partial charge in [-0.1, -0.05) is 37.1 Å². The Morgan fingerprint density at radius 2 is 2.11 bits per heavy atom. The number of likely N-dealkylation sites (N-methyl/N-ethyl adjacent to an activating group) is 1. The van der Waals surface area contributed by atoms with Gasteiger partial charge in [0.2, 0.25) is 11.8 Å². The van der Waals surface area contributed by atoms with Crippen LogP contribution in [0.15, 0.2) is 36.4 Å². The van der Waals surface area contributed by atoms with Gasteiger partial charge in [0.05, 0.1) is 37.1 Å². The molecule has 1 aromatic carbocycles. The molecule has 1 saturated carbocycles. The highest BCUT2D eigenvalue weighted by molar-refractivity contribution is 5.93. The second-order valence-electron chi connectivity index (χ2n) is 8.60. The molecular formula is C22H26N2O4. The van der Waals surface area contributed by atoms with E-state index >= 15 is 0 Å². The van der Waals surface area contributed by atoms with Crippen molar-refractivity contribution in [2.45, 2.75) is 42.9 Å². The normalized spacial score (nSPS) is 34.7. The standard InChI is InChI=1S/C22H26N2O4/c1-24-13-22-11-8-16(28-22)17(18(22)20(24)26)19(25)23-21(9-3-4-10-21)14-6-5-7-15(12-14)27-2/h5-8,11-12,16-18H,3-4,9-10,13H2,1-2H3,(H,23,25)/t16-,17-,18+,22+/m1/s1. The third-order valence-corrected chi connectivity index (χ3v) is 7.03. The number of fused-ring (bicyclic) bond motifs is 1. The maximum Gasteiger partial charge on any atom is 0.229 e. The summed E-state index contributed by atoms with van der Waals surface area (Å²) in [6.07, 6.45) is 7.55. The molecule has 2 saturated heterocycles. The second-order valence-corrected chi connectivity index (χ2v) is 8.60. The van der Waals surface area contributed by atoms with E-state index in [1.165, 1.54) is 0 Å². The van der Waals surface area contributed by atoms with Crippen LogP contribution in [0, 0.1) is 11.8 Å². The summed E-state index contributed by atoms with van der Waals surface area (Å²) in [4.78, 5) is 27.9. The highest BCUT2D eigenvalue weighted by Gasteiger charge is 2.66. The molecule has 0 unspecified atom stereocenters. The van der Waals surface area contributed by atoms with Crippen LogP contribution in [0.1, 0.15) is 31.2 Å². The average Bonchev–Trinajstić information content (AvgIpc) is 3.44. The van der Waals surface area contributed by atoms with Gasteiger partial charge in [0, 0.05) is 7.05 Å². The summed E-state index contributed by atoms with van der Waals surface area (Å²) in [5.74, 6) is -0.166. The number of carbonyl (C=O) groups excluding carboxylic acids is 2. The number of likely N-dealkylation sites (tertiary alicyclic amines) is 1. The van der Waals surface area contributed by atoms with E-state index in [9.17, 15) is 9.59 Å². The van der Waals surface area contributed by atoms with Crippen molar-refractivity contribution in [2.24, 2.45) is 11.8 Å². The summed E-state index contributed by atoms with van der Waals surface area (Å²) < 4.78 is 11.5. The first-order valence-corrected chi connectivity index (χ1v) is 10.1. The fourth-order valence-electron chi connectivity index (χ4n) is 5.70. The number of ether oxygens (including phenoxy) is 2. The lowest BCUT2D eigenvalue weighted by molar-refractivity contribution is -0.137. The van der Waals surface area contributed by atoms with E-state index < -0.39 is 23.0 Å². The maximum atomic E-state index is 13.5. The molecule has 28 heavy (non-hydrogen) atoms. The van der Waals surface area contributed by atoms with Crippen molar-refractivity contribution in [3.05, 3.63) is 42.0 Å². The third kappa shape index (κ3) is 2.37. The number of hydrogen-bond donors (Lipinski definition) is 1. The highest BCUT2D eigenvalue weighted by Crippen LogP contribution is 2.52. The van der Waals surface area contributed by atoms with Crippen LogP contribution in [0.4, 0.5) is 0 Å². The van der Waals surface area contributed by atoms with Gasteiger partial charge in [0.15, 0.2) is 0 Å². The Kier molecular flexibility index (Phi) is 3.85. The number of hydrogen-bond acceptors (Lipinski definition) is 4. The Bertz CT molecular complexity index is 860. The van der Waals surface area contributed by atoms with Crippen LogP contribution in [-0.4, -0.2) is 49.1 Å². The zero-order chi connectivity index (χ0) is 19.5. The van der Waals surface area contributed by atoms with Gasteiger partial charge in [0.25, 0.3) is 0 Å². The minimum absolute atomic E-state index is 0.00820. The Morgan fingerprint density at radius 3 is 2.86 bits per heavy atom. The molecule has 3 aliphatic heterocycles. The summed E-state index contributed by atoms with van der Waals surface area (Å²) in [6, 6.07) is 7.95. The Balaban J connectivity index is 1.45. The van der Waals surface area contributed by atoms with Crippen molar-refractivity contribution < 1.29 is 19.1 Å². The van der Waals surface area contributed by atoms with Gasteiger partial charge in [-0.25, -0.2) is 0 Å². The first kappa shape index (κ1) is 17.7. The van der Waals surface area contributed by atoms with Crippen LogP contribution in [0.3, 0.4) is 0 Å². The lowest BCUT2D eigenvalue weighted by Crippen LogP contribution is -2.51. The summed E-state index contributed by atoms with van der Waals surface area (Å²) in [6.45, 7) is 0.522.